The van der Waals surface area contributed by atoms with Gasteiger partial charge >= 0.3 is 0 Å². The number of rotatable bonds is 5. The Morgan fingerprint density at radius 2 is 1.37 bits per heavy atom. The summed E-state index contributed by atoms with van der Waals surface area (Å²) in [5.74, 6) is -0.475. The lowest BCUT2D eigenvalue weighted by atomic mass is 10.1. The molecule has 0 aromatic heterocycles. The van der Waals surface area contributed by atoms with Crippen LogP contribution in [0.1, 0.15) is 21.5 Å². The lowest BCUT2D eigenvalue weighted by molar-refractivity contribution is 0.0968. The van der Waals surface area contributed by atoms with E-state index < -0.39 is 15.7 Å². The molecule has 3 rings (SSSR count). The molecule has 3 aromatic carbocycles. The Morgan fingerprint density at radius 3 is 1.96 bits per heavy atom. The number of amides is 1. The van der Waals surface area contributed by atoms with Gasteiger partial charge in [-0.05, 0) is 42.8 Å². The van der Waals surface area contributed by atoms with E-state index in [1.165, 1.54) is 18.2 Å². The summed E-state index contributed by atoms with van der Waals surface area (Å²) >= 11 is 0. The van der Waals surface area contributed by atoms with Crippen LogP contribution in [0.3, 0.4) is 0 Å². The van der Waals surface area contributed by atoms with Gasteiger partial charge in [-0.3, -0.25) is 4.79 Å². The van der Waals surface area contributed by atoms with E-state index in [0.717, 1.165) is 5.56 Å². The lowest BCUT2D eigenvalue weighted by Crippen LogP contribution is -2.27. The molecule has 0 spiro atoms. The Hall–Kier alpha value is -3.18. The van der Waals surface area contributed by atoms with Crippen molar-refractivity contribution in [2.24, 2.45) is 0 Å². The van der Waals surface area contributed by atoms with Crippen LogP contribution in [0, 0.1) is 6.92 Å². The Labute approximate surface area is 159 Å². The molecule has 0 heterocycles. The first-order chi connectivity index (χ1) is 13.0. The van der Waals surface area contributed by atoms with Crippen molar-refractivity contribution in [3.05, 3.63) is 107 Å². The second-order valence-electron chi connectivity index (χ2n) is 6.06. The van der Waals surface area contributed by atoms with Gasteiger partial charge in [-0.15, -0.1) is 0 Å². The molecule has 27 heavy (non-hydrogen) atoms. The monoisotopic (exact) mass is 377 g/mol. The Kier molecular flexibility index (Phi) is 5.52. The second kappa shape index (κ2) is 8.01. The molecule has 1 amide bonds. The molecule has 0 aliphatic rings. The molecule has 0 bridgehead atoms. The van der Waals surface area contributed by atoms with E-state index in [0.29, 0.717) is 11.1 Å². The van der Waals surface area contributed by atoms with Crippen LogP contribution in [0.25, 0.3) is 6.08 Å². The SMILES string of the molecule is Cc1ccc(C(=O)N/C(=C\c2ccccc2)S(=O)(=O)c2ccccc2)cc1. The van der Waals surface area contributed by atoms with Gasteiger partial charge in [-0.1, -0.05) is 66.2 Å². The molecule has 1 N–H and O–H groups in total. The van der Waals surface area contributed by atoms with E-state index in [1.807, 2.05) is 13.0 Å². The van der Waals surface area contributed by atoms with Crippen LogP contribution in [-0.4, -0.2) is 14.3 Å². The summed E-state index contributed by atoms with van der Waals surface area (Å²) in [6.07, 6.45) is 1.47. The molecule has 0 aliphatic carbocycles. The van der Waals surface area contributed by atoms with Crippen LogP contribution in [-0.2, 0) is 9.84 Å². The van der Waals surface area contributed by atoms with Crippen molar-refractivity contribution in [3.8, 4) is 0 Å². The predicted octanol–water partition coefficient (Wildman–Crippen LogP) is 4.20. The van der Waals surface area contributed by atoms with Crippen LogP contribution < -0.4 is 5.32 Å². The highest BCUT2D eigenvalue weighted by Crippen LogP contribution is 2.20. The largest absolute Gasteiger partial charge is 0.312 e. The number of carbonyl (C=O) groups excluding carboxylic acids is 1. The zero-order valence-electron chi connectivity index (χ0n) is 14.8. The average Bonchev–Trinajstić information content (AvgIpc) is 2.69. The first-order valence-electron chi connectivity index (χ1n) is 8.42. The zero-order chi connectivity index (χ0) is 19.3. The highest BCUT2D eigenvalue weighted by Gasteiger charge is 2.23. The summed E-state index contributed by atoms with van der Waals surface area (Å²) in [4.78, 5) is 12.7. The topological polar surface area (TPSA) is 63.2 Å². The molecule has 0 fully saturated rings. The normalized spacial score (nSPS) is 11.8. The number of hydrogen-bond donors (Lipinski definition) is 1. The maximum Gasteiger partial charge on any atom is 0.256 e. The number of hydrogen-bond acceptors (Lipinski definition) is 3. The summed E-state index contributed by atoms with van der Waals surface area (Å²) in [6.45, 7) is 1.92. The lowest BCUT2D eigenvalue weighted by Gasteiger charge is -2.12. The summed E-state index contributed by atoms with van der Waals surface area (Å²) in [5.41, 5.74) is 2.09. The van der Waals surface area contributed by atoms with Crippen LogP contribution in [0.4, 0.5) is 0 Å². The fraction of sp³-hybridized carbons (Fsp3) is 0.0455. The molecule has 0 aliphatic heterocycles. The van der Waals surface area contributed by atoms with Crippen LogP contribution in [0.5, 0.6) is 0 Å². The molecule has 0 unspecified atom stereocenters. The third-order valence-electron chi connectivity index (χ3n) is 3.99. The average molecular weight is 377 g/mol. The van der Waals surface area contributed by atoms with Gasteiger partial charge in [0.05, 0.1) is 4.90 Å². The third-order valence-corrected chi connectivity index (χ3v) is 5.68. The Balaban J connectivity index is 2.02. The number of sulfone groups is 1. The Morgan fingerprint density at radius 1 is 0.815 bits per heavy atom. The minimum atomic E-state index is -3.88. The molecule has 136 valence electrons. The third kappa shape index (κ3) is 4.51. The van der Waals surface area contributed by atoms with E-state index >= 15 is 0 Å². The summed E-state index contributed by atoms with van der Waals surface area (Å²) in [5, 5.41) is 2.41. The number of aryl methyl sites for hydroxylation is 1. The van der Waals surface area contributed by atoms with Crippen molar-refractivity contribution in [3.63, 3.8) is 0 Å². The quantitative estimate of drug-likeness (QED) is 0.725. The molecule has 0 atom stereocenters. The van der Waals surface area contributed by atoms with Gasteiger partial charge < -0.3 is 5.32 Å². The number of nitrogens with one attached hydrogen (secondary N) is 1. The highest BCUT2D eigenvalue weighted by atomic mass is 32.2. The van der Waals surface area contributed by atoms with Gasteiger partial charge in [0.15, 0.2) is 0 Å². The fourth-order valence-corrected chi connectivity index (χ4v) is 3.78. The fourth-order valence-electron chi connectivity index (χ4n) is 2.50. The zero-order valence-corrected chi connectivity index (χ0v) is 15.6. The minimum Gasteiger partial charge on any atom is -0.312 e. The van der Waals surface area contributed by atoms with Crippen molar-refractivity contribution in [1.29, 1.82) is 0 Å². The first kappa shape index (κ1) is 18.6. The van der Waals surface area contributed by atoms with E-state index in [9.17, 15) is 13.2 Å². The maximum atomic E-state index is 13.1. The van der Waals surface area contributed by atoms with Gasteiger partial charge in [-0.25, -0.2) is 8.42 Å². The molecule has 4 nitrogen and oxygen atoms in total. The predicted molar refractivity (Wildman–Crippen MR) is 107 cm³/mol. The van der Waals surface area contributed by atoms with Crippen molar-refractivity contribution in [2.75, 3.05) is 0 Å². The van der Waals surface area contributed by atoms with Crippen molar-refractivity contribution < 1.29 is 13.2 Å². The number of benzene rings is 3. The molecule has 0 radical (unpaired) electrons. The summed E-state index contributed by atoms with van der Waals surface area (Å²) < 4.78 is 26.1. The Bertz CT molecular complexity index is 1060. The van der Waals surface area contributed by atoms with E-state index in [1.54, 1.807) is 66.7 Å². The molecular formula is C22H19NO3S. The van der Waals surface area contributed by atoms with Gasteiger partial charge in [0.25, 0.3) is 5.91 Å². The van der Waals surface area contributed by atoms with E-state index in [4.69, 9.17) is 0 Å². The highest BCUT2D eigenvalue weighted by molar-refractivity contribution is 7.95. The number of carbonyl (C=O) groups is 1. The molecular weight excluding hydrogens is 358 g/mol. The maximum absolute atomic E-state index is 13.1. The standard InChI is InChI=1S/C22H19NO3S/c1-17-12-14-19(15-13-17)22(24)23-21(16-18-8-4-2-5-9-18)27(25,26)20-10-6-3-7-11-20/h2-16H,1H3,(H,23,24)/b21-16+. The molecule has 0 saturated carbocycles. The van der Waals surface area contributed by atoms with Crippen LogP contribution >= 0.6 is 0 Å². The molecule has 5 heteroatoms. The van der Waals surface area contributed by atoms with Crippen molar-refractivity contribution >= 4 is 21.8 Å². The van der Waals surface area contributed by atoms with Crippen LogP contribution in [0.15, 0.2) is 94.9 Å². The van der Waals surface area contributed by atoms with Gasteiger partial charge in [0, 0.05) is 5.56 Å². The van der Waals surface area contributed by atoms with E-state index in [-0.39, 0.29) is 9.92 Å². The van der Waals surface area contributed by atoms with Gasteiger partial charge in [-0.2, -0.15) is 0 Å². The molecule has 3 aromatic rings. The first-order valence-corrected chi connectivity index (χ1v) is 9.90. The summed E-state index contributed by atoms with van der Waals surface area (Å²) in [7, 11) is -3.88. The van der Waals surface area contributed by atoms with Crippen molar-refractivity contribution in [2.45, 2.75) is 11.8 Å². The summed E-state index contributed by atoms with van der Waals surface area (Å²) in [6, 6.07) is 24.0. The molecule has 0 saturated heterocycles. The smallest absolute Gasteiger partial charge is 0.256 e. The van der Waals surface area contributed by atoms with E-state index in [2.05, 4.69) is 5.32 Å². The van der Waals surface area contributed by atoms with Crippen molar-refractivity contribution in [1.82, 2.24) is 5.32 Å². The van der Waals surface area contributed by atoms with Crippen LogP contribution in [0.2, 0.25) is 0 Å². The van der Waals surface area contributed by atoms with Gasteiger partial charge in [0.1, 0.15) is 5.03 Å². The van der Waals surface area contributed by atoms with Gasteiger partial charge in [0.2, 0.25) is 9.84 Å². The minimum absolute atomic E-state index is 0.122. The second-order valence-corrected chi connectivity index (χ2v) is 7.97.